The molecule has 1 atom stereocenters. The van der Waals surface area contributed by atoms with Crippen LogP contribution in [0.1, 0.15) is 61.9 Å². The Balaban J connectivity index is 2.30. The lowest BCUT2D eigenvalue weighted by Crippen LogP contribution is -2.25. The molecule has 1 aromatic heterocycles. The van der Waals surface area contributed by atoms with Crippen LogP contribution in [-0.4, -0.2) is 29.4 Å². The maximum absolute atomic E-state index is 13.2. The summed E-state index contributed by atoms with van der Waals surface area (Å²) in [4.78, 5) is 28.7. The molecule has 2 rings (SSSR count). The van der Waals surface area contributed by atoms with Crippen molar-refractivity contribution in [3.8, 4) is 11.1 Å². The average molecular weight is 451 g/mol. The first-order valence-electron chi connectivity index (χ1n) is 10.6. The van der Waals surface area contributed by atoms with E-state index in [0.29, 0.717) is 17.7 Å². The van der Waals surface area contributed by atoms with Gasteiger partial charge in [-0.2, -0.15) is 13.2 Å². The smallest absolute Gasteiger partial charge is 0.352 e. The third-order valence-electron chi connectivity index (χ3n) is 4.76. The number of aromatic nitrogens is 1. The first-order chi connectivity index (χ1) is 15.1. The van der Waals surface area contributed by atoms with Crippen molar-refractivity contribution in [2.24, 2.45) is 5.73 Å². The second-order valence-corrected chi connectivity index (χ2v) is 7.77. The van der Waals surface area contributed by atoms with E-state index in [1.54, 1.807) is 6.92 Å². The summed E-state index contributed by atoms with van der Waals surface area (Å²) in [5.74, 6) is -0.820. The van der Waals surface area contributed by atoms with Crippen molar-refractivity contribution in [3.05, 3.63) is 47.8 Å². The topological polar surface area (TPSA) is 97.1 Å². The van der Waals surface area contributed by atoms with E-state index in [1.165, 1.54) is 24.5 Å². The highest BCUT2D eigenvalue weighted by atomic mass is 19.4. The van der Waals surface area contributed by atoms with Crippen molar-refractivity contribution in [1.82, 2.24) is 10.3 Å². The molecule has 1 aromatic carbocycles. The van der Waals surface area contributed by atoms with Crippen LogP contribution < -0.4 is 16.4 Å². The SMILES string of the molecule is CCCCCCNC(=O)c1cncc(-c2ccc(C(F)(F)F)cc2NC(=O)CC(C)N)c1. The van der Waals surface area contributed by atoms with E-state index in [2.05, 4.69) is 22.5 Å². The minimum absolute atomic E-state index is 0.0237. The summed E-state index contributed by atoms with van der Waals surface area (Å²) in [5, 5.41) is 5.33. The Kier molecular flexibility index (Phi) is 9.19. The molecule has 0 aliphatic carbocycles. The van der Waals surface area contributed by atoms with Crippen LogP contribution in [0.2, 0.25) is 0 Å². The summed E-state index contributed by atoms with van der Waals surface area (Å²) in [6.45, 7) is 4.26. The van der Waals surface area contributed by atoms with Crippen LogP contribution in [0.3, 0.4) is 0 Å². The summed E-state index contributed by atoms with van der Waals surface area (Å²) < 4.78 is 39.7. The fourth-order valence-electron chi connectivity index (χ4n) is 3.14. The molecule has 1 unspecified atom stereocenters. The number of hydrogen-bond acceptors (Lipinski definition) is 4. The molecule has 2 aromatic rings. The molecule has 0 fully saturated rings. The molecule has 0 saturated heterocycles. The van der Waals surface area contributed by atoms with Crippen molar-refractivity contribution in [3.63, 3.8) is 0 Å². The number of nitrogens with one attached hydrogen (secondary N) is 2. The molecule has 0 bridgehead atoms. The van der Waals surface area contributed by atoms with Gasteiger partial charge in [-0.1, -0.05) is 32.3 Å². The quantitative estimate of drug-likeness (QED) is 0.455. The maximum atomic E-state index is 13.2. The number of anilines is 1. The predicted molar refractivity (Wildman–Crippen MR) is 118 cm³/mol. The molecule has 1 heterocycles. The number of alkyl halides is 3. The largest absolute Gasteiger partial charge is 0.416 e. The number of pyridine rings is 1. The van der Waals surface area contributed by atoms with E-state index in [9.17, 15) is 22.8 Å². The van der Waals surface area contributed by atoms with Crippen molar-refractivity contribution in [2.75, 3.05) is 11.9 Å². The summed E-state index contributed by atoms with van der Waals surface area (Å²) in [7, 11) is 0. The minimum Gasteiger partial charge on any atom is -0.352 e. The number of nitrogens with two attached hydrogens (primary N) is 1. The fourth-order valence-corrected chi connectivity index (χ4v) is 3.14. The molecule has 0 radical (unpaired) electrons. The molecule has 9 heteroatoms. The third kappa shape index (κ3) is 7.64. The van der Waals surface area contributed by atoms with Gasteiger partial charge in [0.1, 0.15) is 0 Å². The number of rotatable bonds is 10. The van der Waals surface area contributed by atoms with Gasteiger partial charge in [0.25, 0.3) is 5.91 Å². The third-order valence-corrected chi connectivity index (χ3v) is 4.76. The van der Waals surface area contributed by atoms with Gasteiger partial charge in [0.15, 0.2) is 0 Å². The summed E-state index contributed by atoms with van der Waals surface area (Å²) in [5.41, 5.74) is 5.71. The standard InChI is InChI=1S/C23H29F3N4O2/c1-3-4-5-6-9-29-22(32)17-11-16(13-28-14-17)19-8-7-18(23(24,25)26)12-20(19)30-21(31)10-15(2)27/h7-8,11-15H,3-6,9-10,27H2,1-2H3,(H,29,32)(H,30,31). The van der Waals surface area contributed by atoms with Crippen molar-refractivity contribution >= 4 is 17.5 Å². The van der Waals surface area contributed by atoms with Gasteiger partial charge in [-0.25, -0.2) is 0 Å². The number of nitrogens with zero attached hydrogens (tertiary/aromatic N) is 1. The summed E-state index contributed by atoms with van der Waals surface area (Å²) in [6.07, 6.45) is 2.28. The lowest BCUT2D eigenvalue weighted by molar-refractivity contribution is -0.137. The van der Waals surface area contributed by atoms with E-state index in [1.807, 2.05) is 0 Å². The summed E-state index contributed by atoms with van der Waals surface area (Å²) >= 11 is 0. The zero-order valence-corrected chi connectivity index (χ0v) is 18.3. The van der Waals surface area contributed by atoms with Crippen molar-refractivity contribution in [2.45, 2.75) is 58.2 Å². The van der Waals surface area contributed by atoms with Gasteiger partial charge < -0.3 is 16.4 Å². The molecule has 174 valence electrons. The minimum atomic E-state index is -4.57. The van der Waals surface area contributed by atoms with Crippen LogP contribution in [-0.2, 0) is 11.0 Å². The Morgan fingerprint density at radius 2 is 1.88 bits per heavy atom. The number of hydrogen-bond donors (Lipinski definition) is 3. The van der Waals surface area contributed by atoms with Crippen LogP contribution in [0, 0.1) is 0 Å². The number of amides is 2. The van der Waals surface area contributed by atoms with Gasteiger partial charge in [-0.15, -0.1) is 0 Å². The van der Waals surface area contributed by atoms with Crippen LogP contribution in [0.25, 0.3) is 11.1 Å². The van der Waals surface area contributed by atoms with Gasteiger partial charge in [0, 0.05) is 48.2 Å². The van der Waals surface area contributed by atoms with Gasteiger partial charge in [-0.3, -0.25) is 14.6 Å². The zero-order valence-electron chi connectivity index (χ0n) is 18.3. The lowest BCUT2D eigenvalue weighted by Gasteiger charge is -2.16. The first-order valence-corrected chi connectivity index (χ1v) is 10.6. The van der Waals surface area contributed by atoms with Crippen LogP contribution in [0.4, 0.5) is 18.9 Å². The molecule has 32 heavy (non-hydrogen) atoms. The van der Waals surface area contributed by atoms with Crippen molar-refractivity contribution in [1.29, 1.82) is 0 Å². The number of halogens is 3. The van der Waals surface area contributed by atoms with Gasteiger partial charge in [0.2, 0.25) is 5.91 Å². The Morgan fingerprint density at radius 3 is 2.53 bits per heavy atom. The van der Waals surface area contributed by atoms with Gasteiger partial charge >= 0.3 is 6.18 Å². The molecule has 4 N–H and O–H groups in total. The normalized spacial score (nSPS) is 12.3. The molecule has 2 amide bonds. The number of carbonyl (C=O) groups excluding carboxylic acids is 2. The Bertz CT molecular complexity index is 930. The van der Waals surface area contributed by atoms with Crippen LogP contribution >= 0.6 is 0 Å². The highest BCUT2D eigenvalue weighted by Gasteiger charge is 2.31. The zero-order chi connectivity index (χ0) is 23.7. The molecule has 0 aliphatic heterocycles. The van der Waals surface area contributed by atoms with E-state index in [4.69, 9.17) is 5.73 Å². The van der Waals surface area contributed by atoms with Crippen LogP contribution in [0.5, 0.6) is 0 Å². The Hall–Kier alpha value is -2.94. The van der Waals surface area contributed by atoms with E-state index < -0.39 is 23.7 Å². The molecular formula is C23H29F3N4O2. The second-order valence-electron chi connectivity index (χ2n) is 7.77. The molecular weight excluding hydrogens is 421 g/mol. The van der Waals surface area contributed by atoms with Crippen molar-refractivity contribution < 1.29 is 22.8 Å². The fraction of sp³-hybridized carbons (Fsp3) is 0.435. The number of unbranched alkanes of at least 4 members (excludes halogenated alkanes) is 3. The second kappa shape index (κ2) is 11.6. The van der Waals surface area contributed by atoms with Gasteiger partial charge in [-0.05, 0) is 31.5 Å². The van der Waals surface area contributed by atoms with E-state index >= 15 is 0 Å². The Labute approximate surface area is 185 Å². The van der Waals surface area contributed by atoms with E-state index in [0.717, 1.165) is 37.8 Å². The Morgan fingerprint density at radius 1 is 1.12 bits per heavy atom. The number of carbonyl (C=O) groups is 2. The maximum Gasteiger partial charge on any atom is 0.416 e. The molecule has 0 saturated carbocycles. The highest BCUT2D eigenvalue weighted by Crippen LogP contribution is 2.36. The summed E-state index contributed by atoms with van der Waals surface area (Å²) in [6, 6.07) is 4.15. The lowest BCUT2D eigenvalue weighted by atomic mass is 10.0. The number of benzene rings is 1. The average Bonchev–Trinajstić information content (AvgIpc) is 2.72. The molecule has 0 aliphatic rings. The monoisotopic (exact) mass is 450 g/mol. The first kappa shape index (κ1) is 25.3. The molecule has 0 spiro atoms. The van der Waals surface area contributed by atoms with Gasteiger partial charge in [0.05, 0.1) is 11.1 Å². The highest BCUT2D eigenvalue weighted by molar-refractivity contribution is 5.98. The van der Waals surface area contributed by atoms with E-state index in [-0.39, 0.29) is 23.6 Å². The van der Waals surface area contributed by atoms with Crippen LogP contribution in [0.15, 0.2) is 36.7 Å². The molecule has 6 nitrogen and oxygen atoms in total. The predicted octanol–water partition coefficient (Wildman–Crippen LogP) is 4.75.